The average Bonchev–Trinajstić information content (AvgIpc) is 3.22. The summed E-state index contributed by atoms with van der Waals surface area (Å²) in [5.74, 6) is 2.85. The molecule has 1 heterocycles. The minimum Gasteiger partial charge on any atom is -0.317 e. The topological polar surface area (TPSA) is 15.3 Å². The monoisotopic (exact) mass is 264 g/mol. The Morgan fingerprint density at radius 3 is 2.32 bits per heavy atom. The predicted molar refractivity (Wildman–Crippen MR) is 81.3 cm³/mol. The summed E-state index contributed by atoms with van der Waals surface area (Å²) in [6.07, 6.45) is 10.1. The lowest BCUT2D eigenvalue weighted by Gasteiger charge is -2.43. The van der Waals surface area contributed by atoms with Gasteiger partial charge in [0.1, 0.15) is 0 Å². The molecule has 19 heavy (non-hydrogen) atoms. The fourth-order valence-electron chi connectivity index (χ4n) is 4.47. The van der Waals surface area contributed by atoms with Crippen LogP contribution in [0.1, 0.15) is 58.8 Å². The van der Waals surface area contributed by atoms with Gasteiger partial charge in [-0.15, -0.1) is 0 Å². The number of rotatable bonds is 4. The molecule has 3 aliphatic rings. The molecule has 1 N–H and O–H groups in total. The molecule has 3 atom stereocenters. The van der Waals surface area contributed by atoms with E-state index >= 15 is 0 Å². The molecule has 1 aliphatic heterocycles. The van der Waals surface area contributed by atoms with Gasteiger partial charge in [0.25, 0.3) is 0 Å². The quantitative estimate of drug-likeness (QED) is 0.838. The van der Waals surface area contributed by atoms with E-state index in [1.165, 1.54) is 64.6 Å². The Labute approximate surface area is 119 Å². The summed E-state index contributed by atoms with van der Waals surface area (Å²) in [6, 6.07) is 1.86. The molecule has 110 valence electrons. The lowest BCUT2D eigenvalue weighted by molar-refractivity contribution is 0.0664. The van der Waals surface area contributed by atoms with Crippen LogP contribution in [0.2, 0.25) is 0 Å². The molecule has 3 rings (SSSR count). The van der Waals surface area contributed by atoms with E-state index in [0.717, 1.165) is 29.8 Å². The average molecular weight is 264 g/mol. The second-order valence-corrected chi connectivity index (χ2v) is 7.58. The van der Waals surface area contributed by atoms with Crippen molar-refractivity contribution in [3.05, 3.63) is 0 Å². The number of hydrogen-bond donors (Lipinski definition) is 1. The highest BCUT2D eigenvalue weighted by Crippen LogP contribution is 2.38. The number of hydrogen-bond acceptors (Lipinski definition) is 2. The first-order valence-electron chi connectivity index (χ1n) is 8.70. The Bertz CT molecular complexity index is 281. The van der Waals surface area contributed by atoms with Gasteiger partial charge >= 0.3 is 0 Å². The Morgan fingerprint density at radius 1 is 0.947 bits per heavy atom. The van der Waals surface area contributed by atoms with Gasteiger partial charge in [-0.1, -0.05) is 13.8 Å². The second kappa shape index (κ2) is 6.13. The van der Waals surface area contributed by atoms with Crippen molar-refractivity contribution in [1.82, 2.24) is 10.2 Å². The molecule has 0 bridgehead atoms. The van der Waals surface area contributed by atoms with Crippen LogP contribution in [0.15, 0.2) is 0 Å². The molecule has 1 saturated heterocycles. The van der Waals surface area contributed by atoms with Gasteiger partial charge in [-0.2, -0.15) is 0 Å². The summed E-state index contributed by atoms with van der Waals surface area (Å²) in [5, 5.41) is 3.51. The van der Waals surface area contributed by atoms with Crippen molar-refractivity contribution >= 4 is 0 Å². The number of nitrogens with zero attached hydrogens (tertiary/aromatic N) is 1. The molecule has 3 fully saturated rings. The zero-order valence-electron chi connectivity index (χ0n) is 12.9. The zero-order valence-corrected chi connectivity index (χ0v) is 12.9. The molecule has 0 aromatic rings. The van der Waals surface area contributed by atoms with E-state index in [0.29, 0.717) is 0 Å². The van der Waals surface area contributed by atoms with Crippen molar-refractivity contribution in [2.45, 2.75) is 70.9 Å². The molecule has 0 aromatic carbocycles. The van der Waals surface area contributed by atoms with Crippen LogP contribution in [0, 0.1) is 17.8 Å². The van der Waals surface area contributed by atoms with Crippen molar-refractivity contribution in [3.8, 4) is 0 Å². The van der Waals surface area contributed by atoms with Crippen LogP contribution in [0.25, 0.3) is 0 Å². The van der Waals surface area contributed by atoms with Crippen LogP contribution < -0.4 is 5.32 Å². The fraction of sp³-hybridized carbons (Fsp3) is 1.00. The van der Waals surface area contributed by atoms with Crippen LogP contribution in [0.5, 0.6) is 0 Å². The van der Waals surface area contributed by atoms with Gasteiger partial charge < -0.3 is 5.32 Å². The van der Waals surface area contributed by atoms with Crippen LogP contribution in [0.4, 0.5) is 0 Å². The van der Waals surface area contributed by atoms with E-state index in [1.807, 2.05) is 0 Å². The molecule has 2 saturated carbocycles. The Kier molecular flexibility index (Phi) is 4.48. The normalized spacial score (nSPS) is 37.7. The molecule has 0 spiro atoms. The highest BCUT2D eigenvalue weighted by atomic mass is 15.2. The van der Waals surface area contributed by atoms with Crippen molar-refractivity contribution < 1.29 is 0 Å². The summed E-state index contributed by atoms with van der Waals surface area (Å²) in [5.41, 5.74) is 0. The van der Waals surface area contributed by atoms with Gasteiger partial charge in [0.15, 0.2) is 0 Å². The Balaban J connectivity index is 1.60. The second-order valence-electron chi connectivity index (χ2n) is 7.58. The Hall–Kier alpha value is -0.0800. The summed E-state index contributed by atoms with van der Waals surface area (Å²) < 4.78 is 0. The molecule has 3 unspecified atom stereocenters. The minimum absolute atomic E-state index is 0.901. The van der Waals surface area contributed by atoms with Gasteiger partial charge in [-0.25, -0.2) is 0 Å². The summed E-state index contributed by atoms with van der Waals surface area (Å²) >= 11 is 0. The maximum atomic E-state index is 3.51. The minimum atomic E-state index is 0.901. The van der Waals surface area contributed by atoms with Crippen LogP contribution >= 0.6 is 0 Å². The predicted octanol–water partition coefficient (Wildman–Crippen LogP) is 3.28. The third-order valence-corrected chi connectivity index (χ3v) is 5.76. The SMILES string of the molecule is CC1CCC(N(CC2CCNCC2)C2CC2)C(C)C1. The molecule has 0 aromatic heterocycles. The molecule has 2 nitrogen and oxygen atoms in total. The summed E-state index contributed by atoms with van der Waals surface area (Å²) in [4.78, 5) is 2.95. The summed E-state index contributed by atoms with van der Waals surface area (Å²) in [7, 11) is 0. The van der Waals surface area contributed by atoms with Gasteiger partial charge in [0.2, 0.25) is 0 Å². The number of nitrogens with one attached hydrogen (secondary N) is 1. The maximum Gasteiger partial charge on any atom is 0.0124 e. The Morgan fingerprint density at radius 2 is 1.68 bits per heavy atom. The van der Waals surface area contributed by atoms with E-state index in [2.05, 4.69) is 24.1 Å². The molecular weight excluding hydrogens is 232 g/mol. The lowest BCUT2D eigenvalue weighted by Crippen LogP contribution is -2.47. The highest BCUT2D eigenvalue weighted by Gasteiger charge is 2.39. The van der Waals surface area contributed by atoms with E-state index in [-0.39, 0.29) is 0 Å². The van der Waals surface area contributed by atoms with Crippen LogP contribution in [-0.4, -0.2) is 36.6 Å². The van der Waals surface area contributed by atoms with Crippen molar-refractivity contribution in [2.75, 3.05) is 19.6 Å². The largest absolute Gasteiger partial charge is 0.317 e. The van der Waals surface area contributed by atoms with E-state index in [9.17, 15) is 0 Å². The van der Waals surface area contributed by atoms with E-state index in [4.69, 9.17) is 0 Å². The van der Waals surface area contributed by atoms with Crippen molar-refractivity contribution in [2.24, 2.45) is 17.8 Å². The molecule has 2 heteroatoms. The van der Waals surface area contributed by atoms with E-state index in [1.54, 1.807) is 0 Å². The van der Waals surface area contributed by atoms with Gasteiger partial charge in [0.05, 0.1) is 0 Å². The van der Waals surface area contributed by atoms with Crippen LogP contribution in [0.3, 0.4) is 0 Å². The number of piperidine rings is 1. The van der Waals surface area contributed by atoms with Crippen LogP contribution in [-0.2, 0) is 0 Å². The first-order chi connectivity index (χ1) is 9.24. The third-order valence-electron chi connectivity index (χ3n) is 5.76. The molecule has 2 aliphatic carbocycles. The molecular formula is C17H32N2. The third kappa shape index (κ3) is 3.52. The first kappa shape index (κ1) is 13.9. The maximum absolute atomic E-state index is 3.51. The van der Waals surface area contributed by atoms with Crippen molar-refractivity contribution in [3.63, 3.8) is 0 Å². The highest BCUT2D eigenvalue weighted by molar-refractivity contribution is 4.94. The van der Waals surface area contributed by atoms with E-state index < -0.39 is 0 Å². The van der Waals surface area contributed by atoms with Crippen molar-refractivity contribution in [1.29, 1.82) is 0 Å². The smallest absolute Gasteiger partial charge is 0.0124 e. The fourth-order valence-corrected chi connectivity index (χ4v) is 4.47. The van der Waals surface area contributed by atoms with Gasteiger partial charge in [0, 0.05) is 18.6 Å². The lowest BCUT2D eigenvalue weighted by atomic mass is 9.78. The zero-order chi connectivity index (χ0) is 13.2. The van der Waals surface area contributed by atoms with Gasteiger partial charge in [-0.05, 0) is 75.8 Å². The standard InChI is InChI=1S/C17H32N2/c1-13-3-6-17(14(2)11-13)19(16-4-5-16)12-15-7-9-18-10-8-15/h13-18H,3-12H2,1-2H3. The van der Waals surface area contributed by atoms with Gasteiger partial charge in [-0.3, -0.25) is 4.90 Å². The molecule has 0 radical (unpaired) electrons. The first-order valence-corrected chi connectivity index (χ1v) is 8.70. The molecule has 0 amide bonds. The summed E-state index contributed by atoms with van der Waals surface area (Å²) in [6.45, 7) is 8.86.